The molecule has 1 aromatic rings. The zero-order valence-corrected chi connectivity index (χ0v) is 8.91. The Kier molecular flexibility index (Phi) is 3.00. The van der Waals surface area contributed by atoms with Crippen molar-refractivity contribution in [3.63, 3.8) is 0 Å². The van der Waals surface area contributed by atoms with Gasteiger partial charge in [-0.3, -0.25) is 4.79 Å². The van der Waals surface area contributed by atoms with Crippen molar-refractivity contribution in [3.8, 4) is 5.75 Å². The number of carbonyl (C=O) groups is 1. The first-order chi connectivity index (χ1) is 8.15. The molecule has 1 heterocycles. The first kappa shape index (κ1) is 11.1. The molecule has 2 N–H and O–H groups in total. The summed E-state index contributed by atoms with van der Waals surface area (Å²) in [6.45, 7) is -0.137. The summed E-state index contributed by atoms with van der Waals surface area (Å²) in [6.07, 6.45) is 4.51. The number of aromatic hydroxyl groups is 1. The van der Waals surface area contributed by atoms with Gasteiger partial charge in [0, 0.05) is 18.0 Å². The smallest absolute Gasteiger partial charge is 0.323 e. The fraction of sp³-hybridized carbons (Fsp3) is 0.0833. The average molecular weight is 233 g/mol. The van der Waals surface area contributed by atoms with Crippen LogP contribution in [0.4, 0.5) is 0 Å². The van der Waals surface area contributed by atoms with Gasteiger partial charge in [-0.1, -0.05) is 12.1 Å². The Bertz CT molecular complexity index is 493. The number of nitrogens with zero attached hydrogens (tertiary/aromatic N) is 1. The van der Waals surface area contributed by atoms with Crippen LogP contribution in [-0.4, -0.2) is 27.6 Å². The van der Waals surface area contributed by atoms with Crippen molar-refractivity contribution in [1.82, 2.24) is 4.90 Å². The van der Waals surface area contributed by atoms with Crippen LogP contribution in [0.5, 0.6) is 5.75 Å². The first-order valence-electron chi connectivity index (χ1n) is 4.97. The van der Waals surface area contributed by atoms with E-state index in [1.165, 1.54) is 17.4 Å². The minimum Gasteiger partial charge on any atom is -0.508 e. The number of phenols is 1. The van der Waals surface area contributed by atoms with Crippen molar-refractivity contribution in [2.45, 2.75) is 0 Å². The number of aliphatic carboxylic acids is 1. The van der Waals surface area contributed by atoms with Crippen LogP contribution in [0, 0.1) is 0 Å². The zero-order chi connectivity index (χ0) is 12.3. The van der Waals surface area contributed by atoms with E-state index in [2.05, 4.69) is 0 Å². The van der Waals surface area contributed by atoms with Gasteiger partial charge in [-0.2, -0.15) is 0 Å². The molecule has 17 heavy (non-hydrogen) atoms. The Hall–Kier alpha value is -2.43. The Morgan fingerprint density at radius 3 is 2.94 bits per heavy atom. The van der Waals surface area contributed by atoms with E-state index in [-0.39, 0.29) is 12.3 Å². The van der Waals surface area contributed by atoms with E-state index in [0.717, 1.165) is 0 Å². The molecular formula is C12H11NO4. The van der Waals surface area contributed by atoms with Gasteiger partial charge in [0.15, 0.2) is 0 Å². The van der Waals surface area contributed by atoms with E-state index in [9.17, 15) is 9.90 Å². The fourth-order valence-electron chi connectivity index (χ4n) is 1.46. The molecule has 88 valence electrons. The van der Waals surface area contributed by atoms with Crippen molar-refractivity contribution in [1.29, 1.82) is 0 Å². The van der Waals surface area contributed by atoms with Gasteiger partial charge in [-0.15, -0.1) is 0 Å². The van der Waals surface area contributed by atoms with Gasteiger partial charge in [-0.25, -0.2) is 0 Å². The van der Waals surface area contributed by atoms with E-state index >= 15 is 0 Å². The number of phenolic OH excluding ortho intramolecular Hbond substituents is 1. The normalized spacial score (nSPS) is 14.1. The Labute approximate surface area is 97.9 Å². The second-order valence-electron chi connectivity index (χ2n) is 3.51. The van der Waals surface area contributed by atoms with Crippen LogP contribution in [-0.2, 0) is 9.53 Å². The summed E-state index contributed by atoms with van der Waals surface area (Å²) >= 11 is 0. The molecule has 0 aliphatic carbocycles. The van der Waals surface area contributed by atoms with Gasteiger partial charge < -0.3 is 19.8 Å². The van der Waals surface area contributed by atoms with Crippen molar-refractivity contribution in [2.24, 2.45) is 0 Å². The second-order valence-corrected chi connectivity index (χ2v) is 3.51. The van der Waals surface area contributed by atoms with Crippen LogP contribution in [0.3, 0.4) is 0 Å². The van der Waals surface area contributed by atoms with Gasteiger partial charge in [-0.05, 0) is 12.1 Å². The number of ether oxygens (including phenoxy) is 1. The van der Waals surface area contributed by atoms with Gasteiger partial charge >= 0.3 is 5.97 Å². The maximum absolute atomic E-state index is 10.6. The summed E-state index contributed by atoms with van der Waals surface area (Å²) in [4.78, 5) is 12.1. The Balaban J connectivity index is 2.21. The van der Waals surface area contributed by atoms with Crippen LogP contribution < -0.4 is 0 Å². The molecule has 0 saturated carbocycles. The van der Waals surface area contributed by atoms with E-state index < -0.39 is 5.97 Å². The van der Waals surface area contributed by atoms with Crippen molar-refractivity contribution in [2.75, 3.05) is 6.54 Å². The monoisotopic (exact) mass is 233 g/mol. The highest BCUT2D eigenvalue weighted by Gasteiger charge is 2.11. The largest absolute Gasteiger partial charge is 0.508 e. The van der Waals surface area contributed by atoms with Crippen molar-refractivity contribution < 1.29 is 19.7 Å². The molecule has 0 amide bonds. The zero-order valence-electron chi connectivity index (χ0n) is 8.91. The molecule has 0 saturated heterocycles. The molecule has 0 atom stereocenters. The molecule has 0 bridgehead atoms. The lowest BCUT2D eigenvalue weighted by Crippen LogP contribution is -2.21. The number of rotatable bonds is 3. The van der Waals surface area contributed by atoms with Crippen LogP contribution in [0.25, 0.3) is 5.76 Å². The predicted octanol–water partition coefficient (Wildman–Crippen LogP) is 1.58. The summed E-state index contributed by atoms with van der Waals surface area (Å²) in [5.41, 5.74) is 0.685. The maximum Gasteiger partial charge on any atom is 0.323 e. The molecule has 0 unspecified atom stereocenters. The van der Waals surface area contributed by atoms with Gasteiger partial charge in [0.2, 0.25) is 0 Å². The molecule has 0 radical (unpaired) electrons. The Morgan fingerprint density at radius 1 is 1.41 bits per heavy atom. The van der Waals surface area contributed by atoms with Crippen molar-refractivity contribution in [3.05, 3.63) is 48.5 Å². The standard InChI is InChI=1S/C12H11NO4/c14-10-3-1-2-9(6-10)11-7-13(4-5-17-11)8-12(15)16/h1-7,14H,8H2,(H,15,16). The highest BCUT2D eigenvalue weighted by molar-refractivity contribution is 5.70. The third-order valence-corrected chi connectivity index (χ3v) is 2.18. The van der Waals surface area contributed by atoms with Crippen LogP contribution >= 0.6 is 0 Å². The third kappa shape index (κ3) is 2.78. The third-order valence-electron chi connectivity index (χ3n) is 2.18. The molecule has 1 aromatic carbocycles. The predicted molar refractivity (Wildman–Crippen MR) is 60.7 cm³/mol. The summed E-state index contributed by atoms with van der Waals surface area (Å²) < 4.78 is 5.27. The topological polar surface area (TPSA) is 70.0 Å². The lowest BCUT2D eigenvalue weighted by atomic mass is 10.2. The molecule has 0 spiro atoms. The summed E-state index contributed by atoms with van der Waals surface area (Å²) in [7, 11) is 0. The van der Waals surface area contributed by atoms with E-state index in [1.54, 1.807) is 30.5 Å². The number of carboxylic acids is 1. The number of hydrogen-bond acceptors (Lipinski definition) is 4. The van der Waals surface area contributed by atoms with Crippen LogP contribution in [0.1, 0.15) is 5.56 Å². The molecule has 0 aromatic heterocycles. The van der Waals surface area contributed by atoms with Crippen LogP contribution in [0.2, 0.25) is 0 Å². The van der Waals surface area contributed by atoms with Crippen molar-refractivity contribution >= 4 is 11.7 Å². The van der Waals surface area contributed by atoms with E-state index in [4.69, 9.17) is 9.84 Å². The Morgan fingerprint density at radius 2 is 2.24 bits per heavy atom. The summed E-state index contributed by atoms with van der Waals surface area (Å²) in [5.74, 6) is -0.306. The number of carboxylic acid groups (broad SMARTS) is 1. The highest BCUT2D eigenvalue weighted by atomic mass is 16.5. The molecule has 0 fully saturated rings. The first-order valence-corrected chi connectivity index (χ1v) is 4.97. The molecule has 5 heteroatoms. The SMILES string of the molecule is O=C(O)CN1C=COC(c2cccc(O)c2)=C1. The minimum atomic E-state index is -0.928. The maximum atomic E-state index is 10.6. The summed E-state index contributed by atoms with van der Waals surface area (Å²) in [6, 6.07) is 6.56. The molecule has 1 aliphatic rings. The van der Waals surface area contributed by atoms with Gasteiger partial charge in [0.1, 0.15) is 24.3 Å². The fourth-order valence-corrected chi connectivity index (χ4v) is 1.46. The van der Waals surface area contributed by atoms with Gasteiger partial charge in [0.25, 0.3) is 0 Å². The molecule has 5 nitrogen and oxygen atoms in total. The van der Waals surface area contributed by atoms with E-state index in [1.807, 2.05) is 0 Å². The van der Waals surface area contributed by atoms with E-state index in [0.29, 0.717) is 11.3 Å². The average Bonchev–Trinajstić information content (AvgIpc) is 2.28. The molecule has 2 rings (SSSR count). The van der Waals surface area contributed by atoms with Gasteiger partial charge in [0.05, 0.1) is 0 Å². The quantitative estimate of drug-likeness (QED) is 0.829. The lowest BCUT2D eigenvalue weighted by Gasteiger charge is -2.19. The second kappa shape index (κ2) is 4.61. The van der Waals surface area contributed by atoms with Crippen LogP contribution in [0.15, 0.2) is 42.9 Å². The highest BCUT2D eigenvalue weighted by Crippen LogP contribution is 2.23. The minimum absolute atomic E-state index is 0.131. The lowest BCUT2D eigenvalue weighted by molar-refractivity contribution is -0.137. The molecule has 1 aliphatic heterocycles. The molecular weight excluding hydrogens is 222 g/mol. The summed E-state index contributed by atoms with van der Waals surface area (Å²) in [5, 5.41) is 18.0. The number of hydrogen-bond donors (Lipinski definition) is 2. The number of benzene rings is 1.